The van der Waals surface area contributed by atoms with Crippen molar-refractivity contribution in [3.05, 3.63) is 34.9 Å². The minimum Gasteiger partial charge on any atom is -0.478 e. The Labute approximate surface area is 156 Å². The molecule has 0 aliphatic heterocycles. The molecule has 0 bridgehead atoms. The lowest BCUT2D eigenvalue weighted by Gasteiger charge is -2.22. The van der Waals surface area contributed by atoms with Gasteiger partial charge >= 0.3 is 11.9 Å². The van der Waals surface area contributed by atoms with E-state index in [-0.39, 0.29) is 17.2 Å². The van der Waals surface area contributed by atoms with E-state index in [2.05, 4.69) is 13.8 Å². The smallest absolute Gasteiger partial charge is 0.339 e. The number of carboxylic acid groups (broad SMARTS) is 1. The normalized spacial score (nSPS) is 15.2. The summed E-state index contributed by atoms with van der Waals surface area (Å²) in [6.07, 6.45) is 10.1. The Morgan fingerprint density at radius 1 is 1.12 bits per heavy atom. The number of rotatable bonds is 9. The van der Waals surface area contributed by atoms with Gasteiger partial charge in [-0.3, -0.25) is 0 Å². The molecular weight excluding hydrogens is 328 g/mol. The van der Waals surface area contributed by atoms with Crippen molar-refractivity contribution in [1.29, 1.82) is 0 Å². The van der Waals surface area contributed by atoms with Gasteiger partial charge in [0, 0.05) is 0 Å². The van der Waals surface area contributed by atoms with E-state index in [1.165, 1.54) is 12.8 Å². The summed E-state index contributed by atoms with van der Waals surface area (Å²) in [5, 5.41) is 9.67. The average Bonchev–Trinajstić information content (AvgIpc) is 2.61. The van der Waals surface area contributed by atoms with Crippen molar-refractivity contribution in [3.63, 3.8) is 0 Å². The first-order chi connectivity index (χ1) is 12.5. The average molecular weight is 360 g/mol. The zero-order valence-electron chi connectivity index (χ0n) is 16.1. The van der Waals surface area contributed by atoms with Gasteiger partial charge in [-0.2, -0.15) is 0 Å². The largest absolute Gasteiger partial charge is 0.478 e. The maximum Gasteiger partial charge on any atom is 0.339 e. The fraction of sp³-hybridized carbons (Fsp3) is 0.636. The van der Waals surface area contributed by atoms with Gasteiger partial charge < -0.3 is 9.84 Å². The molecule has 1 aromatic rings. The van der Waals surface area contributed by atoms with Crippen molar-refractivity contribution in [2.45, 2.75) is 84.2 Å². The Morgan fingerprint density at radius 3 is 2.50 bits per heavy atom. The molecule has 0 aromatic heterocycles. The Hall–Kier alpha value is -1.84. The van der Waals surface area contributed by atoms with Crippen molar-refractivity contribution in [2.75, 3.05) is 0 Å². The molecule has 0 radical (unpaired) electrons. The molecule has 4 heteroatoms. The van der Waals surface area contributed by atoms with Crippen LogP contribution in [0.1, 0.15) is 97.9 Å². The number of hydrogen-bond acceptors (Lipinski definition) is 3. The summed E-state index contributed by atoms with van der Waals surface area (Å²) < 4.78 is 5.59. The highest BCUT2D eigenvalue weighted by Gasteiger charge is 2.24. The second-order valence-electron chi connectivity index (χ2n) is 7.80. The molecule has 1 fully saturated rings. The first kappa shape index (κ1) is 20.5. The first-order valence-electron chi connectivity index (χ1n) is 10.0. The van der Waals surface area contributed by atoms with E-state index in [0.29, 0.717) is 12.3 Å². The lowest BCUT2D eigenvalue weighted by atomic mass is 9.95. The number of aryl methyl sites for hydroxylation is 1. The van der Waals surface area contributed by atoms with Gasteiger partial charge in [0.2, 0.25) is 0 Å². The van der Waals surface area contributed by atoms with Gasteiger partial charge in [-0.1, -0.05) is 51.7 Å². The third-order valence-electron chi connectivity index (χ3n) is 5.14. The second kappa shape index (κ2) is 10.3. The van der Waals surface area contributed by atoms with E-state index >= 15 is 0 Å². The van der Waals surface area contributed by atoms with Crippen LogP contribution in [0.5, 0.6) is 0 Å². The maximum absolute atomic E-state index is 12.6. The van der Waals surface area contributed by atoms with Crippen LogP contribution >= 0.6 is 0 Å². The summed E-state index contributed by atoms with van der Waals surface area (Å²) in [4.78, 5) is 24.4. The lowest BCUT2D eigenvalue weighted by Crippen LogP contribution is -2.23. The molecule has 0 heterocycles. The fourth-order valence-electron chi connectivity index (χ4n) is 3.67. The van der Waals surface area contributed by atoms with Crippen LogP contribution in [0.15, 0.2) is 18.2 Å². The zero-order chi connectivity index (χ0) is 18.9. The predicted octanol–water partition coefficient (Wildman–Crippen LogP) is 5.63. The van der Waals surface area contributed by atoms with Gasteiger partial charge in [-0.05, 0) is 56.1 Å². The van der Waals surface area contributed by atoms with Gasteiger partial charge in [0.05, 0.1) is 11.1 Å². The van der Waals surface area contributed by atoms with E-state index in [0.717, 1.165) is 50.5 Å². The molecule has 144 valence electrons. The van der Waals surface area contributed by atoms with Gasteiger partial charge in [-0.15, -0.1) is 0 Å². The fourth-order valence-corrected chi connectivity index (χ4v) is 3.67. The summed E-state index contributed by atoms with van der Waals surface area (Å²) in [5.74, 6) is -0.836. The quantitative estimate of drug-likeness (QED) is 0.458. The molecular formula is C22H32O4. The summed E-state index contributed by atoms with van der Waals surface area (Å²) in [6, 6.07) is 5.17. The molecule has 26 heavy (non-hydrogen) atoms. The Bertz CT molecular complexity index is 600. The van der Waals surface area contributed by atoms with Crippen LogP contribution in [0.3, 0.4) is 0 Å². The van der Waals surface area contributed by atoms with E-state index in [4.69, 9.17) is 4.74 Å². The number of ether oxygens (including phenoxy) is 1. The monoisotopic (exact) mass is 360 g/mol. The van der Waals surface area contributed by atoms with Crippen LogP contribution in [0.2, 0.25) is 0 Å². The predicted molar refractivity (Wildman–Crippen MR) is 103 cm³/mol. The highest BCUT2D eigenvalue weighted by molar-refractivity contribution is 6.03. The summed E-state index contributed by atoms with van der Waals surface area (Å²) in [7, 11) is 0. The SMILES string of the molecule is CC(C)CCCCCc1cccc(C(=O)OC2CCCCC2)c1C(=O)O. The standard InChI is InChI=1S/C22H32O4/c1-16(2)10-5-3-6-11-17-12-9-15-19(20(17)21(23)24)22(25)26-18-13-7-4-8-14-18/h9,12,15-16,18H,3-8,10-11,13-14H2,1-2H3,(H,23,24). The molecule has 1 aliphatic carbocycles. The van der Waals surface area contributed by atoms with Crippen LogP contribution < -0.4 is 0 Å². The van der Waals surface area contributed by atoms with Gasteiger partial charge in [0.25, 0.3) is 0 Å². The Balaban J connectivity index is 2.03. The third kappa shape index (κ3) is 6.15. The number of carboxylic acids is 1. The number of benzene rings is 1. The molecule has 1 saturated carbocycles. The molecule has 0 saturated heterocycles. The Morgan fingerprint density at radius 2 is 1.85 bits per heavy atom. The van der Waals surface area contributed by atoms with E-state index in [1.807, 2.05) is 6.07 Å². The van der Waals surface area contributed by atoms with Crippen LogP contribution in [-0.4, -0.2) is 23.1 Å². The number of unbranched alkanes of at least 4 members (excludes halogenated alkanes) is 2. The van der Waals surface area contributed by atoms with Crippen molar-refractivity contribution < 1.29 is 19.4 Å². The van der Waals surface area contributed by atoms with Crippen LogP contribution in [0.25, 0.3) is 0 Å². The lowest BCUT2D eigenvalue weighted by molar-refractivity contribution is 0.0206. The molecule has 1 aromatic carbocycles. The minimum atomic E-state index is -1.04. The molecule has 4 nitrogen and oxygen atoms in total. The maximum atomic E-state index is 12.6. The van der Waals surface area contributed by atoms with E-state index in [9.17, 15) is 14.7 Å². The highest BCUT2D eigenvalue weighted by Crippen LogP contribution is 2.24. The highest BCUT2D eigenvalue weighted by atomic mass is 16.5. The van der Waals surface area contributed by atoms with Gasteiger partial charge in [0.1, 0.15) is 6.10 Å². The number of carbonyl (C=O) groups is 2. The first-order valence-corrected chi connectivity index (χ1v) is 10.0. The minimum absolute atomic E-state index is 0.0717. The van der Waals surface area contributed by atoms with Crippen molar-refractivity contribution in [1.82, 2.24) is 0 Å². The number of aromatic carboxylic acids is 1. The van der Waals surface area contributed by atoms with E-state index in [1.54, 1.807) is 12.1 Å². The number of hydrogen-bond donors (Lipinski definition) is 1. The number of carbonyl (C=O) groups excluding carboxylic acids is 1. The molecule has 1 N–H and O–H groups in total. The van der Waals surface area contributed by atoms with Gasteiger partial charge in [-0.25, -0.2) is 9.59 Å². The van der Waals surface area contributed by atoms with Crippen LogP contribution in [0.4, 0.5) is 0 Å². The zero-order valence-corrected chi connectivity index (χ0v) is 16.1. The van der Waals surface area contributed by atoms with Crippen molar-refractivity contribution >= 4 is 11.9 Å². The van der Waals surface area contributed by atoms with E-state index < -0.39 is 11.9 Å². The third-order valence-corrected chi connectivity index (χ3v) is 5.14. The van der Waals surface area contributed by atoms with Crippen LogP contribution in [0, 0.1) is 5.92 Å². The summed E-state index contributed by atoms with van der Waals surface area (Å²) in [6.45, 7) is 4.42. The molecule has 0 unspecified atom stereocenters. The molecule has 2 rings (SSSR count). The Kier molecular flexibility index (Phi) is 8.14. The van der Waals surface area contributed by atoms with Crippen molar-refractivity contribution in [3.8, 4) is 0 Å². The van der Waals surface area contributed by atoms with Crippen LogP contribution in [-0.2, 0) is 11.2 Å². The summed E-state index contributed by atoms with van der Waals surface area (Å²) in [5.41, 5.74) is 1.06. The topological polar surface area (TPSA) is 63.6 Å². The molecule has 0 atom stereocenters. The molecule has 0 amide bonds. The van der Waals surface area contributed by atoms with Gasteiger partial charge in [0.15, 0.2) is 0 Å². The number of esters is 1. The summed E-state index contributed by atoms with van der Waals surface area (Å²) >= 11 is 0. The molecule has 1 aliphatic rings. The molecule has 0 spiro atoms. The van der Waals surface area contributed by atoms with Crippen molar-refractivity contribution in [2.24, 2.45) is 5.92 Å². The second-order valence-corrected chi connectivity index (χ2v) is 7.80.